The molecule has 2 aromatic rings. The predicted octanol–water partition coefficient (Wildman–Crippen LogP) is 1.83. The Kier molecular flexibility index (Phi) is 6.30. The topological polar surface area (TPSA) is 93.5 Å². The van der Waals surface area contributed by atoms with E-state index in [2.05, 4.69) is 10.4 Å². The Morgan fingerprint density at radius 3 is 2.62 bits per heavy atom. The Labute approximate surface area is 167 Å². The third-order valence-corrected chi connectivity index (χ3v) is 6.79. The largest absolute Gasteiger partial charge is 0.379 e. The lowest BCUT2D eigenvalue weighted by Crippen LogP contribution is -2.41. The summed E-state index contributed by atoms with van der Waals surface area (Å²) in [4.78, 5) is 12.2. The maximum atomic E-state index is 13.6. The maximum absolute atomic E-state index is 13.6. The van der Waals surface area contributed by atoms with Crippen molar-refractivity contribution >= 4 is 21.6 Å². The summed E-state index contributed by atoms with van der Waals surface area (Å²) >= 11 is 0. The van der Waals surface area contributed by atoms with Gasteiger partial charge in [-0.15, -0.1) is 0 Å². The first-order valence-electron chi connectivity index (χ1n) is 9.07. The van der Waals surface area contributed by atoms with E-state index in [-0.39, 0.29) is 36.6 Å². The summed E-state index contributed by atoms with van der Waals surface area (Å²) in [5.74, 6) is -1.96. The number of amides is 1. The van der Waals surface area contributed by atoms with Gasteiger partial charge >= 0.3 is 0 Å². The third kappa shape index (κ3) is 4.62. The van der Waals surface area contributed by atoms with Gasteiger partial charge in [0.15, 0.2) is 0 Å². The van der Waals surface area contributed by atoms with E-state index < -0.39 is 27.6 Å². The first-order valence-corrected chi connectivity index (χ1v) is 10.5. The van der Waals surface area contributed by atoms with Crippen LogP contribution in [-0.2, 0) is 26.1 Å². The van der Waals surface area contributed by atoms with Crippen molar-refractivity contribution in [2.24, 2.45) is 0 Å². The van der Waals surface area contributed by atoms with Crippen LogP contribution in [0.4, 0.5) is 14.5 Å². The first-order chi connectivity index (χ1) is 13.7. The SMILES string of the molecule is Cc1nn(CCC(=O)Nc2cc(F)ccc2F)c(C)c1S(=O)(=O)N1CCOCC1. The summed E-state index contributed by atoms with van der Waals surface area (Å²) in [6.07, 6.45) is -0.0883. The van der Waals surface area contributed by atoms with E-state index in [1.807, 2.05) is 0 Å². The summed E-state index contributed by atoms with van der Waals surface area (Å²) in [6, 6.07) is 2.77. The molecule has 1 N–H and O–H groups in total. The van der Waals surface area contributed by atoms with Gasteiger partial charge in [0.05, 0.1) is 36.8 Å². The van der Waals surface area contributed by atoms with Crippen molar-refractivity contribution in [1.29, 1.82) is 0 Å². The van der Waals surface area contributed by atoms with Crippen LogP contribution >= 0.6 is 0 Å². The minimum Gasteiger partial charge on any atom is -0.379 e. The molecule has 0 spiro atoms. The molecule has 11 heteroatoms. The number of aryl methyl sites for hydroxylation is 2. The zero-order chi connectivity index (χ0) is 21.2. The number of carbonyl (C=O) groups excluding carboxylic acids is 1. The molecular weight excluding hydrogens is 406 g/mol. The van der Waals surface area contributed by atoms with Gasteiger partial charge in [-0.1, -0.05) is 0 Å². The zero-order valence-electron chi connectivity index (χ0n) is 16.1. The van der Waals surface area contributed by atoms with Gasteiger partial charge in [-0.25, -0.2) is 17.2 Å². The number of morpholine rings is 1. The standard InChI is InChI=1S/C18H22F2N4O4S/c1-12-18(29(26,27)23-7-9-28-10-8-23)13(2)24(22-12)6-5-17(25)21-16-11-14(19)3-4-15(16)20/h3-4,11H,5-10H2,1-2H3,(H,21,25). The fourth-order valence-corrected chi connectivity index (χ4v) is 4.98. The molecule has 0 aliphatic carbocycles. The van der Waals surface area contributed by atoms with E-state index in [4.69, 9.17) is 4.74 Å². The van der Waals surface area contributed by atoms with Crippen molar-refractivity contribution in [3.8, 4) is 0 Å². The smallest absolute Gasteiger partial charge is 0.246 e. The molecule has 0 atom stereocenters. The van der Waals surface area contributed by atoms with E-state index in [1.54, 1.807) is 13.8 Å². The Morgan fingerprint density at radius 2 is 1.93 bits per heavy atom. The van der Waals surface area contributed by atoms with Crippen molar-refractivity contribution in [3.05, 3.63) is 41.2 Å². The molecule has 1 saturated heterocycles. The minimum absolute atomic E-state index is 0.0883. The van der Waals surface area contributed by atoms with Gasteiger partial charge < -0.3 is 10.1 Å². The lowest BCUT2D eigenvalue weighted by atomic mass is 10.3. The molecule has 158 valence electrons. The summed E-state index contributed by atoms with van der Waals surface area (Å²) in [6.45, 7) is 4.52. The second kappa shape index (κ2) is 8.56. The number of nitrogens with zero attached hydrogens (tertiary/aromatic N) is 3. The molecule has 1 aliphatic heterocycles. The average molecular weight is 428 g/mol. The Balaban J connectivity index is 1.71. The van der Waals surface area contributed by atoms with Crippen LogP contribution in [0.25, 0.3) is 0 Å². The molecule has 1 aromatic carbocycles. The summed E-state index contributed by atoms with van der Waals surface area (Å²) in [5.41, 5.74) is 0.503. The van der Waals surface area contributed by atoms with Gasteiger partial charge in [-0.3, -0.25) is 9.48 Å². The lowest BCUT2D eigenvalue weighted by Gasteiger charge is -2.26. The fraction of sp³-hybridized carbons (Fsp3) is 0.444. The number of anilines is 1. The van der Waals surface area contributed by atoms with E-state index in [1.165, 1.54) is 8.99 Å². The molecule has 0 radical (unpaired) electrons. The molecule has 3 rings (SSSR count). The molecule has 1 aromatic heterocycles. The third-order valence-electron chi connectivity index (χ3n) is 4.64. The Morgan fingerprint density at radius 1 is 1.24 bits per heavy atom. The van der Waals surface area contributed by atoms with Crippen LogP contribution in [-0.4, -0.2) is 54.7 Å². The van der Waals surface area contributed by atoms with E-state index in [0.29, 0.717) is 24.6 Å². The number of sulfonamides is 1. The molecular formula is C18H22F2N4O4S. The molecule has 8 nitrogen and oxygen atoms in total. The van der Waals surface area contributed by atoms with Gasteiger partial charge in [-0.2, -0.15) is 9.40 Å². The van der Waals surface area contributed by atoms with Crippen LogP contribution in [0.15, 0.2) is 23.1 Å². The fourth-order valence-electron chi connectivity index (χ4n) is 3.20. The van der Waals surface area contributed by atoms with Crippen LogP contribution < -0.4 is 5.32 Å². The highest BCUT2D eigenvalue weighted by atomic mass is 32.2. The Bertz CT molecular complexity index is 1020. The number of benzene rings is 1. The highest BCUT2D eigenvalue weighted by Gasteiger charge is 2.32. The lowest BCUT2D eigenvalue weighted by molar-refractivity contribution is -0.116. The van der Waals surface area contributed by atoms with Crippen LogP contribution in [0.1, 0.15) is 17.8 Å². The van der Waals surface area contributed by atoms with Crippen LogP contribution in [0.5, 0.6) is 0 Å². The Hall–Kier alpha value is -2.37. The predicted molar refractivity (Wildman–Crippen MR) is 101 cm³/mol. The monoisotopic (exact) mass is 428 g/mol. The van der Waals surface area contributed by atoms with Crippen molar-refractivity contribution in [1.82, 2.24) is 14.1 Å². The molecule has 29 heavy (non-hydrogen) atoms. The number of hydrogen-bond acceptors (Lipinski definition) is 5. The highest BCUT2D eigenvalue weighted by Crippen LogP contribution is 2.24. The number of halogens is 2. The molecule has 0 saturated carbocycles. The second-order valence-electron chi connectivity index (χ2n) is 6.66. The quantitative estimate of drug-likeness (QED) is 0.758. The molecule has 1 aliphatic rings. The van der Waals surface area contributed by atoms with Gasteiger partial charge in [-0.05, 0) is 26.0 Å². The van der Waals surface area contributed by atoms with E-state index >= 15 is 0 Å². The number of hydrogen-bond donors (Lipinski definition) is 1. The van der Waals surface area contributed by atoms with Crippen LogP contribution in [0.2, 0.25) is 0 Å². The van der Waals surface area contributed by atoms with Crippen molar-refractivity contribution in [3.63, 3.8) is 0 Å². The number of nitrogens with one attached hydrogen (secondary N) is 1. The van der Waals surface area contributed by atoms with E-state index in [9.17, 15) is 22.0 Å². The zero-order valence-corrected chi connectivity index (χ0v) is 16.9. The van der Waals surface area contributed by atoms with Crippen LogP contribution in [0, 0.1) is 25.5 Å². The molecule has 2 heterocycles. The molecule has 1 amide bonds. The van der Waals surface area contributed by atoms with Crippen molar-refractivity contribution < 1.29 is 26.7 Å². The minimum atomic E-state index is -3.72. The number of carbonyl (C=O) groups is 1. The average Bonchev–Trinajstić information content (AvgIpc) is 2.97. The molecule has 1 fully saturated rings. The maximum Gasteiger partial charge on any atom is 0.246 e. The summed E-state index contributed by atoms with van der Waals surface area (Å²) in [7, 11) is -3.72. The van der Waals surface area contributed by atoms with Gasteiger partial charge in [0.2, 0.25) is 15.9 Å². The second-order valence-corrected chi connectivity index (χ2v) is 8.54. The van der Waals surface area contributed by atoms with Gasteiger partial charge in [0.25, 0.3) is 0 Å². The normalized spacial score (nSPS) is 15.4. The van der Waals surface area contributed by atoms with Gasteiger partial charge in [0.1, 0.15) is 16.5 Å². The molecule has 0 unspecified atom stereocenters. The first kappa shape index (κ1) is 21.3. The highest BCUT2D eigenvalue weighted by molar-refractivity contribution is 7.89. The number of ether oxygens (including phenoxy) is 1. The number of rotatable bonds is 6. The van der Waals surface area contributed by atoms with E-state index in [0.717, 1.165) is 18.2 Å². The summed E-state index contributed by atoms with van der Waals surface area (Å²) in [5, 5.41) is 6.56. The van der Waals surface area contributed by atoms with Gasteiger partial charge in [0, 0.05) is 25.6 Å². The van der Waals surface area contributed by atoms with Crippen LogP contribution in [0.3, 0.4) is 0 Å². The number of aromatic nitrogens is 2. The van der Waals surface area contributed by atoms with Crippen molar-refractivity contribution in [2.75, 3.05) is 31.6 Å². The summed E-state index contributed by atoms with van der Waals surface area (Å²) < 4.78 is 60.8. The molecule has 0 bridgehead atoms. The van der Waals surface area contributed by atoms with Crippen molar-refractivity contribution in [2.45, 2.75) is 31.7 Å².